The van der Waals surface area contributed by atoms with Crippen LogP contribution in [0.1, 0.15) is 34.8 Å². The Morgan fingerprint density at radius 1 is 1.04 bits per heavy atom. The van der Waals surface area contributed by atoms with Gasteiger partial charge in [-0.15, -0.1) is 0 Å². The molecule has 146 valence electrons. The molecule has 0 unspecified atom stereocenters. The Hall–Kier alpha value is -2.92. The van der Waals surface area contributed by atoms with Crippen molar-refractivity contribution >= 4 is 35.3 Å². The number of hydrogen-bond acceptors (Lipinski definition) is 4. The second kappa shape index (κ2) is 11.0. The van der Waals surface area contributed by atoms with Crippen molar-refractivity contribution in [2.75, 3.05) is 13.2 Å². The van der Waals surface area contributed by atoms with Crippen LogP contribution in [0.25, 0.3) is 6.08 Å². The number of carbonyl (C=O) groups is 3. The van der Waals surface area contributed by atoms with Gasteiger partial charge < -0.3 is 10.1 Å². The SMILES string of the molecule is CC(=O)NCCCc1ccc(C(=O)COC(=O)/C=C/c2ccc(Cl)cc2)cc1. The summed E-state index contributed by atoms with van der Waals surface area (Å²) in [6.45, 7) is 1.79. The molecular weight excluding hydrogens is 378 g/mol. The van der Waals surface area contributed by atoms with Gasteiger partial charge in [0.25, 0.3) is 0 Å². The fraction of sp³-hybridized carbons (Fsp3) is 0.227. The molecule has 2 aromatic carbocycles. The Kier molecular flexibility index (Phi) is 8.43. The highest BCUT2D eigenvalue weighted by atomic mass is 35.5. The van der Waals surface area contributed by atoms with Gasteiger partial charge in [0.1, 0.15) is 0 Å². The first-order chi connectivity index (χ1) is 13.4. The molecule has 0 radical (unpaired) electrons. The maximum absolute atomic E-state index is 12.1. The van der Waals surface area contributed by atoms with Gasteiger partial charge in [-0.2, -0.15) is 0 Å². The quantitative estimate of drug-likeness (QED) is 0.301. The molecule has 28 heavy (non-hydrogen) atoms. The van der Waals surface area contributed by atoms with Crippen molar-refractivity contribution in [1.82, 2.24) is 5.32 Å². The summed E-state index contributed by atoms with van der Waals surface area (Å²) in [5, 5.41) is 3.36. The molecule has 0 aliphatic rings. The van der Waals surface area contributed by atoms with E-state index in [1.165, 1.54) is 13.0 Å². The third-order valence-electron chi connectivity index (χ3n) is 3.92. The molecule has 0 aliphatic carbocycles. The van der Waals surface area contributed by atoms with Crippen molar-refractivity contribution in [3.8, 4) is 0 Å². The minimum absolute atomic E-state index is 0.0431. The van der Waals surface area contributed by atoms with Crippen molar-refractivity contribution in [1.29, 1.82) is 0 Å². The van der Waals surface area contributed by atoms with E-state index in [1.807, 2.05) is 12.1 Å². The van der Waals surface area contributed by atoms with Crippen LogP contribution in [0.4, 0.5) is 0 Å². The molecule has 0 aromatic heterocycles. The minimum Gasteiger partial charge on any atom is -0.454 e. The first kappa shape index (κ1) is 21.4. The highest BCUT2D eigenvalue weighted by Gasteiger charge is 2.08. The van der Waals surface area contributed by atoms with Crippen LogP contribution in [0.3, 0.4) is 0 Å². The third kappa shape index (κ3) is 7.76. The zero-order valence-electron chi connectivity index (χ0n) is 15.6. The highest BCUT2D eigenvalue weighted by Crippen LogP contribution is 2.11. The summed E-state index contributed by atoms with van der Waals surface area (Å²) in [5.41, 5.74) is 2.37. The molecular formula is C22H22ClNO4. The normalized spacial score (nSPS) is 10.6. The summed E-state index contributed by atoms with van der Waals surface area (Å²) in [6, 6.07) is 14.1. The smallest absolute Gasteiger partial charge is 0.331 e. The summed E-state index contributed by atoms with van der Waals surface area (Å²) in [6.07, 6.45) is 4.50. The lowest BCUT2D eigenvalue weighted by Gasteiger charge is -2.05. The van der Waals surface area contributed by atoms with Crippen molar-refractivity contribution in [3.63, 3.8) is 0 Å². The van der Waals surface area contributed by atoms with Crippen LogP contribution in [0.2, 0.25) is 5.02 Å². The van der Waals surface area contributed by atoms with E-state index in [9.17, 15) is 14.4 Å². The van der Waals surface area contributed by atoms with Crippen LogP contribution in [-0.4, -0.2) is 30.8 Å². The maximum Gasteiger partial charge on any atom is 0.331 e. The van der Waals surface area contributed by atoms with E-state index in [1.54, 1.807) is 42.5 Å². The molecule has 6 heteroatoms. The molecule has 1 amide bonds. The molecule has 0 bridgehead atoms. The number of Topliss-reactive ketones (excluding diaryl/α,β-unsaturated/α-hetero) is 1. The third-order valence-corrected chi connectivity index (χ3v) is 4.17. The fourth-order valence-electron chi connectivity index (χ4n) is 2.42. The first-order valence-electron chi connectivity index (χ1n) is 8.91. The number of aryl methyl sites for hydroxylation is 1. The molecule has 0 atom stereocenters. The fourth-order valence-corrected chi connectivity index (χ4v) is 2.55. The number of ketones is 1. The standard InChI is InChI=1S/C22H22ClNO4/c1-16(25)24-14-2-3-17-4-9-19(10-5-17)21(26)15-28-22(27)13-8-18-6-11-20(23)12-7-18/h4-13H,2-3,14-15H2,1H3,(H,24,25)/b13-8+. The zero-order valence-corrected chi connectivity index (χ0v) is 16.4. The Labute approximate surface area is 169 Å². The number of rotatable bonds is 9. The van der Waals surface area contributed by atoms with Crippen LogP contribution in [-0.2, 0) is 20.7 Å². The number of amides is 1. The highest BCUT2D eigenvalue weighted by molar-refractivity contribution is 6.30. The van der Waals surface area contributed by atoms with Gasteiger partial charge in [0.15, 0.2) is 12.4 Å². The van der Waals surface area contributed by atoms with Crippen molar-refractivity contribution < 1.29 is 19.1 Å². The van der Waals surface area contributed by atoms with Crippen molar-refractivity contribution in [2.24, 2.45) is 0 Å². The van der Waals surface area contributed by atoms with Crippen LogP contribution < -0.4 is 5.32 Å². The average Bonchev–Trinajstić information content (AvgIpc) is 2.69. The number of esters is 1. The van der Waals surface area contributed by atoms with Gasteiger partial charge in [-0.1, -0.05) is 48.0 Å². The Morgan fingerprint density at radius 3 is 2.36 bits per heavy atom. The summed E-state index contributed by atoms with van der Waals surface area (Å²) < 4.78 is 4.99. The van der Waals surface area contributed by atoms with E-state index < -0.39 is 5.97 Å². The molecule has 0 heterocycles. The van der Waals surface area contributed by atoms with Crippen molar-refractivity contribution in [2.45, 2.75) is 19.8 Å². The number of hydrogen-bond donors (Lipinski definition) is 1. The van der Waals surface area contributed by atoms with E-state index in [4.69, 9.17) is 16.3 Å². The van der Waals surface area contributed by atoms with Crippen LogP contribution in [0.5, 0.6) is 0 Å². The monoisotopic (exact) mass is 399 g/mol. The first-order valence-corrected chi connectivity index (χ1v) is 9.29. The zero-order chi connectivity index (χ0) is 20.4. The van der Waals surface area contributed by atoms with Gasteiger partial charge in [-0.05, 0) is 42.2 Å². The predicted molar refractivity (Wildman–Crippen MR) is 109 cm³/mol. The summed E-state index contributed by atoms with van der Waals surface area (Å²) in [7, 11) is 0. The average molecular weight is 400 g/mol. The van der Waals surface area contributed by atoms with Crippen molar-refractivity contribution in [3.05, 3.63) is 76.3 Å². The second-order valence-electron chi connectivity index (χ2n) is 6.20. The van der Waals surface area contributed by atoms with Crippen LogP contribution in [0.15, 0.2) is 54.6 Å². The lowest BCUT2D eigenvalue weighted by Crippen LogP contribution is -2.21. The molecule has 2 rings (SSSR count). The second-order valence-corrected chi connectivity index (χ2v) is 6.64. The summed E-state index contributed by atoms with van der Waals surface area (Å²) >= 11 is 5.80. The van der Waals surface area contributed by atoms with Gasteiger partial charge in [-0.3, -0.25) is 9.59 Å². The largest absolute Gasteiger partial charge is 0.454 e. The van der Waals surface area contributed by atoms with E-state index in [-0.39, 0.29) is 18.3 Å². The van der Waals surface area contributed by atoms with Gasteiger partial charge in [0.05, 0.1) is 0 Å². The van der Waals surface area contributed by atoms with Gasteiger partial charge in [0.2, 0.25) is 5.91 Å². The molecule has 0 saturated carbocycles. The Morgan fingerprint density at radius 2 is 1.71 bits per heavy atom. The molecule has 2 aromatic rings. The number of benzene rings is 2. The van der Waals surface area contributed by atoms with Gasteiger partial charge in [0, 0.05) is 30.1 Å². The molecule has 5 nitrogen and oxygen atoms in total. The number of halogens is 1. The van der Waals surface area contributed by atoms with Gasteiger partial charge >= 0.3 is 5.97 Å². The summed E-state index contributed by atoms with van der Waals surface area (Å²) in [4.78, 5) is 34.7. The lowest BCUT2D eigenvalue weighted by molar-refractivity contribution is -0.136. The van der Waals surface area contributed by atoms with Gasteiger partial charge in [-0.25, -0.2) is 4.79 Å². The predicted octanol–water partition coefficient (Wildman–Crippen LogP) is 3.85. The van der Waals surface area contributed by atoms with E-state index in [0.717, 1.165) is 24.0 Å². The maximum atomic E-state index is 12.1. The molecule has 0 saturated heterocycles. The molecule has 0 aliphatic heterocycles. The minimum atomic E-state index is -0.585. The Balaban J connectivity index is 1.76. The number of nitrogens with one attached hydrogen (secondary N) is 1. The Bertz CT molecular complexity index is 842. The lowest BCUT2D eigenvalue weighted by atomic mass is 10.1. The van der Waals surface area contributed by atoms with Crippen LogP contribution in [0, 0.1) is 0 Å². The molecule has 1 N–H and O–H groups in total. The number of ether oxygens (including phenoxy) is 1. The van der Waals surface area contributed by atoms with E-state index in [2.05, 4.69) is 5.32 Å². The van der Waals surface area contributed by atoms with Crippen LogP contribution >= 0.6 is 11.6 Å². The topological polar surface area (TPSA) is 72.5 Å². The molecule has 0 fully saturated rings. The molecule has 0 spiro atoms. The van der Waals surface area contributed by atoms with E-state index >= 15 is 0 Å². The van der Waals surface area contributed by atoms with E-state index in [0.29, 0.717) is 17.1 Å². The number of carbonyl (C=O) groups excluding carboxylic acids is 3. The summed E-state index contributed by atoms with van der Waals surface area (Å²) in [5.74, 6) is -0.894.